The molecule has 32 heavy (non-hydrogen) atoms. The third kappa shape index (κ3) is 5.55. The second-order valence-electron chi connectivity index (χ2n) is 7.78. The molecule has 0 spiro atoms. The Bertz CT molecular complexity index is 1210. The van der Waals surface area contributed by atoms with Crippen LogP contribution < -0.4 is 10.1 Å². The second kappa shape index (κ2) is 9.97. The molecule has 6 nitrogen and oxygen atoms in total. The Hall–Kier alpha value is -3.16. The summed E-state index contributed by atoms with van der Waals surface area (Å²) in [5, 5.41) is 2.84. The number of ether oxygens (including phenoxy) is 1. The Labute approximate surface area is 189 Å². The Kier molecular flexibility index (Phi) is 7.33. The molecular formula is C25H28N2O4S. The van der Waals surface area contributed by atoms with Gasteiger partial charge >= 0.3 is 0 Å². The van der Waals surface area contributed by atoms with Gasteiger partial charge in [0, 0.05) is 12.2 Å². The van der Waals surface area contributed by atoms with Gasteiger partial charge in [-0.1, -0.05) is 54.1 Å². The molecule has 0 atom stereocenters. The first kappa shape index (κ1) is 23.5. The number of amides is 1. The average molecular weight is 453 g/mol. The van der Waals surface area contributed by atoms with E-state index >= 15 is 0 Å². The van der Waals surface area contributed by atoms with Crippen molar-refractivity contribution in [2.75, 3.05) is 19.0 Å². The number of carbonyl (C=O) groups excluding carboxylic acids is 1. The van der Waals surface area contributed by atoms with Gasteiger partial charge in [0.15, 0.2) is 0 Å². The zero-order valence-corrected chi connectivity index (χ0v) is 19.6. The van der Waals surface area contributed by atoms with E-state index in [0.717, 1.165) is 22.3 Å². The highest BCUT2D eigenvalue weighted by Crippen LogP contribution is 2.29. The molecule has 0 aliphatic carbocycles. The molecule has 7 heteroatoms. The molecule has 0 fully saturated rings. The van der Waals surface area contributed by atoms with Crippen LogP contribution in [0.5, 0.6) is 5.75 Å². The van der Waals surface area contributed by atoms with Crippen LogP contribution in [0.3, 0.4) is 0 Å². The maximum absolute atomic E-state index is 13.6. The van der Waals surface area contributed by atoms with E-state index in [1.165, 1.54) is 11.4 Å². The summed E-state index contributed by atoms with van der Waals surface area (Å²) in [6.45, 7) is 5.41. The summed E-state index contributed by atoms with van der Waals surface area (Å²) in [6.07, 6.45) is 0. The van der Waals surface area contributed by atoms with Gasteiger partial charge < -0.3 is 10.1 Å². The lowest BCUT2D eigenvalue weighted by molar-refractivity contribution is -0.116. The van der Waals surface area contributed by atoms with E-state index in [0.29, 0.717) is 5.69 Å². The maximum atomic E-state index is 13.6. The van der Waals surface area contributed by atoms with Crippen molar-refractivity contribution in [3.63, 3.8) is 0 Å². The molecule has 0 aliphatic rings. The lowest BCUT2D eigenvalue weighted by atomic mass is 10.1. The zero-order valence-electron chi connectivity index (χ0n) is 18.8. The number of nitrogens with zero attached hydrogens (tertiary/aromatic N) is 1. The van der Waals surface area contributed by atoms with Crippen molar-refractivity contribution < 1.29 is 17.9 Å². The molecule has 1 N–H and O–H groups in total. The molecule has 0 heterocycles. The topological polar surface area (TPSA) is 75.7 Å². The van der Waals surface area contributed by atoms with Gasteiger partial charge in [-0.05, 0) is 55.7 Å². The number of rotatable bonds is 8. The minimum absolute atomic E-state index is 0.0373. The number of methoxy groups -OCH3 is 1. The highest BCUT2D eigenvalue weighted by atomic mass is 32.2. The minimum atomic E-state index is -4.02. The van der Waals surface area contributed by atoms with E-state index in [1.807, 2.05) is 69.3 Å². The molecule has 0 radical (unpaired) electrons. The number of nitrogens with one attached hydrogen (secondary N) is 1. The van der Waals surface area contributed by atoms with Gasteiger partial charge in [0.25, 0.3) is 0 Å². The molecule has 168 valence electrons. The van der Waals surface area contributed by atoms with Gasteiger partial charge in [0.1, 0.15) is 10.6 Å². The highest BCUT2D eigenvalue weighted by Gasteiger charge is 2.30. The number of carbonyl (C=O) groups is 1. The fourth-order valence-electron chi connectivity index (χ4n) is 3.44. The van der Waals surface area contributed by atoms with Crippen LogP contribution in [0, 0.1) is 20.8 Å². The summed E-state index contributed by atoms with van der Waals surface area (Å²) in [5.74, 6) is -0.175. The van der Waals surface area contributed by atoms with Crippen molar-refractivity contribution in [1.29, 1.82) is 0 Å². The van der Waals surface area contributed by atoms with Crippen LogP contribution in [0.1, 0.15) is 22.3 Å². The van der Waals surface area contributed by atoms with E-state index in [-0.39, 0.29) is 23.7 Å². The van der Waals surface area contributed by atoms with E-state index in [4.69, 9.17) is 4.74 Å². The molecule has 0 bridgehead atoms. The lowest BCUT2D eigenvalue weighted by Gasteiger charge is -2.23. The van der Waals surface area contributed by atoms with Crippen molar-refractivity contribution in [1.82, 2.24) is 4.31 Å². The SMILES string of the molecule is COc1ccc(C)cc1S(=O)(=O)N(CC(=O)Nc1ccc(C)cc1C)Cc1ccccc1. The van der Waals surface area contributed by atoms with Gasteiger partial charge in [-0.25, -0.2) is 8.42 Å². The minimum Gasteiger partial charge on any atom is -0.495 e. The number of benzene rings is 3. The van der Waals surface area contributed by atoms with Crippen LogP contribution in [-0.4, -0.2) is 32.3 Å². The second-order valence-corrected chi connectivity index (χ2v) is 9.69. The largest absolute Gasteiger partial charge is 0.495 e. The standard InChI is InChI=1S/C25H28N2O4S/c1-18-10-12-22(20(3)14-18)26-25(28)17-27(16-21-8-6-5-7-9-21)32(29,30)24-15-19(2)11-13-23(24)31-4/h5-15H,16-17H2,1-4H3,(H,26,28). The maximum Gasteiger partial charge on any atom is 0.247 e. The number of sulfonamides is 1. The van der Waals surface area contributed by atoms with Gasteiger partial charge in [-0.2, -0.15) is 4.31 Å². The number of hydrogen-bond donors (Lipinski definition) is 1. The Morgan fingerprint density at radius 2 is 1.59 bits per heavy atom. The highest BCUT2D eigenvalue weighted by molar-refractivity contribution is 7.89. The first-order valence-electron chi connectivity index (χ1n) is 10.3. The summed E-state index contributed by atoms with van der Waals surface area (Å²) in [4.78, 5) is 12.9. The van der Waals surface area contributed by atoms with Crippen LogP contribution in [0.15, 0.2) is 71.6 Å². The summed E-state index contributed by atoms with van der Waals surface area (Å²) in [6, 6.07) is 19.9. The van der Waals surface area contributed by atoms with Crippen molar-refractivity contribution in [2.45, 2.75) is 32.2 Å². The third-order valence-electron chi connectivity index (χ3n) is 5.11. The molecule has 0 saturated heterocycles. The molecule has 3 aromatic rings. The molecule has 3 rings (SSSR count). The van der Waals surface area contributed by atoms with Gasteiger partial charge in [0.05, 0.1) is 13.7 Å². The molecule has 1 amide bonds. The predicted molar refractivity (Wildman–Crippen MR) is 126 cm³/mol. The predicted octanol–water partition coefficient (Wildman–Crippen LogP) is 4.45. The van der Waals surface area contributed by atoms with Crippen molar-refractivity contribution >= 4 is 21.6 Å². The quantitative estimate of drug-likeness (QED) is 0.548. The molecule has 3 aromatic carbocycles. The Balaban J connectivity index is 1.95. The van der Waals surface area contributed by atoms with Crippen molar-refractivity contribution in [2.24, 2.45) is 0 Å². The monoisotopic (exact) mass is 452 g/mol. The third-order valence-corrected chi connectivity index (χ3v) is 6.93. The lowest BCUT2D eigenvalue weighted by Crippen LogP contribution is -2.37. The van der Waals surface area contributed by atoms with Crippen LogP contribution in [0.2, 0.25) is 0 Å². The summed E-state index contributed by atoms with van der Waals surface area (Å²) >= 11 is 0. The van der Waals surface area contributed by atoms with Crippen molar-refractivity contribution in [3.8, 4) is 5.75 Å². The normalized spacial score (nSPS) is 11.4. The van der Waals surface area contributed by atoms with Crippen LogP contribution >= 0.6 is 0 Å². The van der Waals surface area contributed by atoms with E-state index in [9.17, 15) is 13.2 Å². The van der Waals surface area contributed by atoms with E-state index in [2.05, 4.69) is 5.32 Å². The fourth-order valence-corrected chi connectivity index (χ4v) is 5.07. The van der Waals surface area contributed by atoms with E-state index < -0.39 is 15.9 Å². The average Bonchev–Trinajstić information content (AvgIpc) is 2.76. The number of anilines is 1. The summed E-state index contributed by atoms with van der Waals surface area (Å²) in [7, 11) is -2.59. The van der Waals surface area contributed by atoms with Crippen LogP contribution in [-0.2, 0) is 21.4 Å². The summed E-state index contributed by atoms with van der Waals surface area (Å²) in [5.41, 5.74) is 4.22. The van der Waals surface area contributed by atoms with Crippen LogP contribution in [0.25, 0.3) is 0 Å². The number of hydrogen-bond acceptors (Lipinski definition) is 4. The smallest absolute Gasteiger partial charge is 0.247 e. The molecule has 0 saturated carbocycles. The van der Waals surface area contributed by atoms with Gasteiger partial charge in [-0.15, -0.1) is 0 Å². The van der Waals surface area contributed by atoms with Gasteiger partial charge in [-0.3, -0.25) is 4.79 Å². The summed E-state index contributed by atoms with van der Waals surface area (Å²) < 4.78 is 33.8. The van der Waals surface area contributed by atoms with Crippen LogP contribution in [0.4, 0.5) is 5.69 Å². The fraction of sp³-hybridized carbons (Fsp3) is 0.240. The Morgan fingerprint density at radius 3 is 2.25 bits per heavy atom. The first-order chi connectivity index (χ1) is 15.2. The molecular weight excluding hydrogens is 424 g/mol. The van der Waals surface area contributed by atoms with Crippen molar-refractivity contribution in [3.05, 3.63) is 89.0 Å². The molecule has 0 aromatic heterocycles. The molecule has 0 unspecified atom stereocenters. The van der Waals surface area contributed by atoms with Gasteiger partial charge in [0.2, 0.25) is 15.9 Å². The number of aryl methyl sites for hydroxylation is 3. The Morgan fingerprint density at radius 1 is 0.938 bits per heavy atom. The first-order valence-corrected chi connectivity index (χ1v) is 11.7. The molecule has 0 aliphatic heterocycles. The zero-order chi connectivity index (χ0) is 23.3. The van der Waals surface area contributed by atoms with E-state index in [1.54, 1.807) is 18.2 Å².